The van der Waals surface area contributed by atoms with Crippen LogP contribution in [0.3, 0.4) is 0 Å². The van der Waals surface area contributed by atoms with E-state index in [1.165, 1.54) is 6.07 Å². The fraction of sp³-hybridized carbons (Fsp3) is 0.417. The summed E-state index contributed by atoms with van der Waals surface area (Å²) in [7, 11) is 0. The highest BCUT2D eigenvalue weighted by atomic mass is 16.6. The van der Waals surface area contributed by atoms with E-state index in [1.54, 1.807) is 18.2 Å². The largest absolute Gasteiger partial charge is 0.294 e. The minimum Gasteiger partial charge on any atom is -0.272 e. The Kier molecular flexibility index (Phi) is 5.13. The molecule has 0 spiro atoms. The van der Waals surface area contributed by atoms with Gasteiger partial charge >= 0.3 is 0 Å². The topological polar surface area (TPSA) is 67.5 Å². The van der Waals surface area contributed by atoms with Crippen LogP contribution in [0.25, 0.3) is 0 Å². The summed E-state index contributed by atoms with van der Waals surface area (Å²) >= 11 is 0. The highest BCUT2D eigenvalue weighted by Gasteiger charge is 2.11. The molecule has 1 N–H and O–H groups in total. The Labute approximate surface area is 101 Å². The molecule has 0 radical (unpaired) electrons. The lowest BCUT2D eigenvalue weighted by Gasteiger charge is -2.03. The normalized spacial score (nSPS) is 11.3. The lowest BCUT2D eigenvalue weighted by atomic mass is 10.2. The van der Waals surface area contributed by atoms with Crippen LogP contribution in [0.1, 0.15) is 33.1 Å². The molecule has 0 saturated heterocycles. The summed E-state index contributed by atoms with van der Waals surface area (Å²) in [6.07, 6.45) is 3.09. The first-order valence-corrected chi connectivity index (χ1v) is 5.67. The number of rotatable bonds is 6. The van der Waals surface area contributed by atoms with Crippen molar-refractivity contribution in [3.63, 3.8) is 0 Å². The molecule has 0 amide bonds. The maximum atomic E-state index is 10.8. The Morgan fingerprint density at radius 2 is 2.18 bits per heavy atom. The predicted octanol–water partition coefficient (Wildman–Crippen LogP) is 3.57. The van der Waals surface area contributed by atoms with Crippen molar-refractivity contribution >= 4 is 17.1 Å². The van der Waals surface area contributed by atoms with Crippen molar-refractivity contribution in [2.45, 2.75) is 33.1 Å². The van der Waals surface area contributed by atoms with E-state index in [-0.39, 0.29) is 5.69 Å². The number of hydrogen-bond acceptors (Lipinski definition) is 4. The van der Waals surface area contributed by atoms with E-state index in [0.717, 1.165) is 25.0 Å². The van der Waals surface area contributed by atoms with Gasteiger partial charge in [0.2, 0.25) is 0 Å². The van der Waals surface area contributed by atoms with Crippen LogP contribution in [0.15, 0.2) is 29.4 Å². The minimum atomic E-state index is -0.417. The molecular weight excluding hydrogens is 218 g/mol. The number of hydrogen-bond donors (Lipinski definition) is 1. The van der Waals surface area contributed by atoms with Gasteiger partial charge in [0.1, 0.15) is 5.69 Å². The van der Waals surface area contributed by atoms with Crippen molar-refractivity contribution in [3.8, 4) is 0 Å². The zero-order valence-corrected chi connectivity index (χ0v) is 10.1. The van der Waals surface area contributed by atoms with Gasteiger partial charge in [0.25, 0.3) is 5.69 Å². The number of nitrogens with one attached hydrogen (secondary N) is 1. The van der Waals surface area contributed by atoms with Gasteiger partial charge in [-0.05, 0) is 25.8 Å². The van der Waals surface area contributed by atoms with Gasteiger partial charge in [0.15, 0.2) is 0 Å². The lowest BCUT2D eigenvalue weighted by molar-refractivity contribution is -0.384. The zero-order chi connectivity index (χ0) is 12.7. The van der Waals surface area contributed by atoms with Gasteiger partial charge in [-0.2, -0.15) is 5.10 Å². The second-order valence-corrected chi connectivity index (χ2v) is 3.84. The molecule has 0 aliphatic heterocycles. The van der Waals surface area contributed by atoms with Crippen molar-refractivity contribution in [1.29, 1.82) is 0 Å². The lowest BCUT2D eigenvalue weighted by Crippen LogP contribution is -2.00. The van der Waals surface area contributed by atoms with E-state index in [9.17, 15) is 10.1 Å². The summed E-state index contributed by atoms with van der Waals surface area (Å²) in [5.41, 5.74) is 4.16. The average Bonchev–Trinajstić information content (AvgIpc) is 2.34. The fourth-order valence-corrected chi connectivity index (χ4v) is 1.37. The van der Waals surface area contributed by atoms with Crippen LogP contribution in [-0.4, -0.2) is 10.6 Å². The van der Waals surface area contributed by atoms with E-state index in [0.29, 0.717) is 5.69 Å². The van der Waals surface area contributed by atoms with Crippen molar-refractivity contribution in [1.82, 2.24) is 0 Å². The highest BCUT2D eigenvalue weighted by molar-refractivity contribution is 5.82. The molecule has 5 nitrogen and oxygen atoms in total. The maximum Gasteiger partial charge on any atom is 0.294 e. The standard InChI is InChI=1S/C12H17N3O2/c1-3-4-7-10(2)13-14-11-8-5-6-9-12(11)15(16)17/h5-6,8-9,14H,3-4,7H2,1-2H3/b13-10+. The molecule has 0 heterocycles. The summed E-state index contributed by atoms with van der Waals surface area (Å²) in [6.45, 7) is 4.03. The average molecular weight is 235 g/mol. The molecule has 0 aliphatic rings. The number of nitro benzene ring substituents is 1. The van der Waals surface area contributed by atoms with Crippen LogP contribution in [-0.2, 0) is 0 Å². The predicted molar refractivity (Wildman–Crippen MR) is 69.4 cm³/mol. The Balaban J connectivity index is 2.71. The Bertz CT molecular complexity index is 416. The van der Waals surface area contributed by atoms with E-state index in [1.807, 2.05) is 6.92 Å². The molecule has 0 atom stereocenters. The quantitative estimate of drug-likeness (QED) is 0.465. The zero-order valence-electron chi connectivity index (χ0n) is 10.1. The summed E-state index contributed by atoms with van der Waals surface area (Å²) in [5.74, 6) is 0. The van der Waals surface area contributed by atoms with Gasteiger partial charge in [0.05, 0.1) is 4.92 Å². The molecule has 5 heteroatoms. The van der Waals surface area contributed by atoms with Crippen molar-refractivity contribution in [2.75, 3.05) is 5.43 Å². The molecule has 17 heavy (non-hydrogen) atoms. The number of nitrogens with zero attached hydrogens (tertiary/aromatic N) is 2. The molecule has 0 aromatic heterocycles. The number of para-hydroxylation sites is 2. The van der Waals surface area contributed by atoms with Crippen LogP contribution in [0.4, 0.5) is 11.4 Å². The van der Waals surface area contributed by atoms with Gasteiger partial charge in [0, 0.05) is 11.8 Å². The van der Waals surface area contributed by atoms with Crippen molar-refractivity contribution in [3.05, 3.63) is 34.4 Å². The van der Waals surface area contributed by atoms with E-state index in [4.69, 9.17) is 0 Å². The molecule has 0 saturated carbocycles. The van der Waals surface area contributed by atoms with Crippen molar-refractivity contribution in [2.24, 2.45) is 5.10 Å². The van der Waals surface area contributed by atoms with Gasteiger partial charge in [-0.3, -0.25) is 15.5 Å². The first-order chi connectivity index (χ1) is 8.15. The van der Waals surface area contributed by atoms with E-state index >= 15 is 0 Å². The number of hydrazone groups is 1. The molecule has 0 bridgehead atoms. The fourth-order valence-electron chi connectivity index (χ4n) is 1.37. The summed E-state index contributed by atoms with van der Waals surface area (Å²) in [6, 6.07) is 6.48. The van der Waals surface area contributed by atoms with Crippen LogP contribution in [0, 0.1) is 10.1 Å². The van der Waals surface area contributed by atoms with E-state index in [2.05, 4.69) is 17.5 Å². The second kappa shape index (κ2) is 6.62. The first kappa shape index (κ1) is 13.2. The van der Waals surface area contributed by atoms with Gasteiger partial charge in [-0.25, -0.2) is 0 Å². The number of nitro groups is 1. The van der Waals surface area contributed by atoms with Crippen LogP contribution in [0.2, 0.25) is 0 Å². The molecule has 1 aromatic rings. The Hall–Kier alpha value is -1.91. The third-order valence-electron chi connectivity index (χ3n) is 2.36. The van der Waals surface area contributed by atoms with Crippen LogP contribution < -0.4 is 5.43 Å². The minimum absolute atomic E-state index is 0.0412. The Morgan fingerprint density at radius 1 is 1.47 bits per heavy atom. The number of anilines is 1. The third-order valence-corrected chi connectivity index (χ3v) is 2.36. The monoisotopic (exact) mass is 235 g/mol. The van der Waals surface area contributed by atoms with E-state index < -0.39 is 4.92 Å². The van der Waals surface area contributed by atoms with Crippen LogP contribution in [0.5, 0.6) is 0 Å². The van der Waals surface area contributed by atoms with Gasteiger partial charge in [-0.1, -0.05) is 25.5 Å². The molecule has 0 fully saturated rings. The summed E-state index contributed by atoms with van der Waals surface area (Å²) in [4.78, 5) is 10.3. The molecule has 92 valence electrons. The van der Waals surface area contributed by atoms with Gasteiger partial charge < -0.3 is 0 Å². The first-order valence-electron chi connectivity index (χ1n) is 5.67. The maximum absolute atomic E-state index is 10.8. The molecule has 0 aliphatic carbocycles. The second-order valence-electron chi connectivity index (χ2n) is 3.84. The number of benzene rings is 1. The molecular formula is C12H17N3O2. The SMILES string of the molecule is CCCC/C(C)=N/Nc1ccccc1[N+](=O)[O-]. The molecule has 1 rings (SSSR count). The molecule has 1 aromatic carbocycles. The summed E-state index contributed by atoms with van der Waals surface area (Å²) in [5, 5.41) is 14.9. The summed E-state index contributed by atoms with van der Waals surface area (Å²) < 4.78 is 0. The third kappa shape index (κ3) is 4.22. The van der Waals surface area contributed by atoms with Gasteiger partial charge in [-0.15, -0.1) is 0 Å². The van der Waals surface area contributed by atoms with Crippen LogP contribution >= 0.6 is 0 Å². The van der Waals surface area contributed by atoms with Crippen molar-refractivity contribution < 1.29 is 4.92 Å². The Morgan fingerprint density at radius 3 is 2.82 bits per heavy atom. The smallest absolute Gasteiger partial charge is 0.272 e. The highest BCUT2D eigenvalue weighted by Crippen LogP contribution is 2.23. The number of unbranched alkanes of at least 4 members (excludes halogenated alkanes) is 1. The molecule has 0 unspecified atom stereocenters.